The molecule has 0 radical (unpaired) electrons. The Bertz CT molecular complexity index is 1100. The van der Waals surface area contributed by atoms with Crippen molar-refractivity contribution >= 4 is 17.9 Å². The number of allylic oxidation sites excluding steroid dienone is 12. The van der Waals surface area contributed by atoms with Gasteiger partial charge in [0.1, 0.15) is 13.2 Å². The molecule has 0 aromatic heterocycles. The van der Waals surface area contributed by atoms with Crippen molar-refractivity contribution in [1.82, 2.24) is 0 Å². The van der Waals surface area contributed by atoms with Gasteiger partial charge in [0.2, 0.25) is 0 Å². The van der Waals surface area contributed by atoms with Gasteiger partial charge < -0.3 is 14.2 Å². The number of esters is 3. The van der Waals surface area contributed by atoms with Gasteiger partial charge in [0.05, 0.1) is 0 Å². The lowest BCUT2D eigenvalue weighted by molar-refractivity contribution is -0.167. The summed E-state index contributed by atoms with van der Waals surface area (Å²) in [4.78, 5) is 37.5. The lowest BCUT2D eigenvalue weighted by atomic mass is 10.1. The van der Waals surface area contributed by atoms with Crippen molar-refractivity contribution in [2.45, 2.75) is 219 Å². The third-order valence-electron chi connectivity index (χ3n) is 9.70. The molecule has 0 saturated carbocycles. The predicted octanol–water partition coefficient (Wildman–Crippen LogP) is 15.1. The van der Waals surface area contributed by atoms with Crippen molar-refractivity contribution in [3.05, 3.63) is 72.9 Å². The molecular weight excluding hydrogens is 709 g/mol. The summed E-state index contributed by atoms with van der Waals surface area (Å²) in [7, 11) is 0. The summed E-state index contributed by atoms with van der Waals surface area (Å²) in [5.41, 5.74) is 0. The maximum absolute atomic E-state index is 12.7. The molecule has 0 aliphatic carbocycles. The molecule has 0 saturated heterocycles. The Morgan fingerprint density at radius 1 is 0.368 bits per heavy atom. The van der Waals surface area contributed by atoms with Crippen LogP contribution in [0.25, 0.3) is 0 Å². The van der Waals surface area contributed by atoms with E-state index in [1.54, 1.807) is 0 Å². The highest BCUT2D eigenvalue weighted by molar-refractivity contribution is 5.71. The van der Waals surface area contributed by atoms with E-state index >= 15 is 0 Å². The molecule has 0 aliphatic heterocycles. The Morgan fingerprint density at radius 3 is 1.09 bits per heavy atom. The van der Waals surface area contributed by atoms with Gasteiger partial charge in [-0.25, -0.2) is 0 Å². The third kappa shape index (κ3) is 43.8. The average Bonchev–Trinajstić information content (AvgIpc) is 3.21. The van der Waals surface area contributed by atoms with E-state index in [4.69, 9.17) is 14.2 Å². The normalized spacial score (nSPS) is 12.7. The van der Waals surface area contributed by atoms with Gasteiger partial charge in [0, 0.05) is 19.3 Å². The average molecular weight is 795 g/mol. The zero-order valence-corrected chi connectivity index (χ0v) is 37.1. The summed E-state index contributed by atoms with van der Waals surface area (Å²) < 4.78 is 16.6. The van der Waals surface area contributed by atoms with Gasteiger partial charge in [-0.05, 0) is 89.9 Å². The van der Waals surface area contributed by atoms with Crippen LogP contribution in [0.5, 0.6) is 0 Å². The number of rotatable bonds is 41. The predicted molar refractivity (Wildman–Crippen MR) is 242 cm³/mol. The molecule has 0 bridgehead atoms. The van der Waals surface area contributed by atoms with Crippen LogP contribution in [0.15, 0.2) is 72.9 Å². The molecule has 6 nitrogen and oxygen atoms in total. The van der Waals surface area contributed by atoms with Gasteiger partial charge in [0.25, 0.3) is 0 Å². The second-order valence-corrected chi connectivity index (χ2v) is 15.3. The van der Waals surface area contributed by atoms with E-state index in [0.717, 1.165) is 109 Å². The maximum Gasteiger partial charge on any atom is 0.306 e. The minimum atomic E-state index is -0.791. The van der Waals surface area contributed by atoms with Gasteiger partial charge in [-0.1, -0.05) is 177 Å². The fourth-order valence-electron chi connectivity index (χ4n) is 6.17. The highest BCUT2D eigenvalue weighted by atomic mass is 16.6. The van der Waals surface area contributed by atoms with Crippen LogP contribution in [0.3, 0.4) is 0 Å². The van der Waals surface area contributed by atoms with Crippen LogP contribution in [0, 0.1) is 0 Å². The Hall–Kier alpha value is -3.15. The monoisotopic (exact) mass is 795 g/mol. The minimum Gasteiger partial charge on any atom is -0.462 e. The Morgan fingerprint density at radius 2 is 0.684 bits per heavy atom. The first kappa shape index (κ1) is 53.9. The summed E-state index contributed by atoms with van der Waals surface area (Å²) in [6, 6.07) is 0. The molecule has 0 aliphatic rings. The number of hydrogen-bond acceptors (Lipinski definition) is 6. The first-order valence-electron chi connectivity index (χ1n) is 23.4. The SMILES string of the molecule is CC/C=C\C/C=C\C/C=C\CCCCCC(=O)OC(COC(=O)CCCCCCC)COC(=O)CCCCCCCC/C=C\C/C=C\C/C=C\CCCCCCC. The van der Waals surface area contributed by atoms with Crippen LogP contribution in [0.2, 0.25) is 0 Å². The van der Waals surface area contributed by atoms with Crippen LogP contribution in [0.4, 0.5) is 0 Å². The van der Waals surface area contributed by atoms with Crippen molar-refractivity contribution in [3.8, 4) is 0 Å². The van der Waals surface area contributed by atoms with Crippen molar-refractivity contribution in [3.63, 3.8) is 0 Å². The van der Waals surface area contributed by atoms with Crippen molar-refractivity contribution in [1.29, 1.82) is 0 Å². The second-order valence-electron chi connectivity index (χ2n) is 15.3. The first-order valence-corrected chi connectivity index (χ1v) is 23.4. The van der Waals surface area contributed by atoms with Gasteiger partial charge in [-0.3, -0.25) is 14.4 Å². The lowest BCUT2D eigenvalue weighted by Crippen LogP contribution is -2.30. The van der Waals surface area contributed by atoms with Crippen molar-refractivity contribution in [2.75, 3.05) is 13.2 Å². The summed E-state index contributed by atoms with van der Waals surface area (Å²) >= 11 is 0. The molecule has 57 heavy (non-hydrogen) atoms. The quantitative estimate of drug-likeness (QED) is 0.0265. The second kappa shape index (κ2) is 45.6. The van der Waals surface area contributed by atoms with Crippen LogP contribution in [-0.2, 0) is 28.6 Å². The lowest BCUT2D eigenvalue weighted by Gasteiger charge is -2.18. The minimum absolute atomic E-state index is 0.0935. The molecule has 1 unspecified atom stereocenters. The van der Waals surface area contributed by atoms with Gasteiger partial charge in [0.15, 0.2) is 6.10 Å². The van der Waals surface area contributed by atoms with Crippen molar-refractivity contribution < 1.29 is 28.6 Å². The first-order chi connectivity index (χ1) is 28.0. The zero-order valence-electron chi connectivity index (χ0n) is 37.1. The number of unbranched alkanes of at least 4 members (excludes halogenated alkanes) is 18. The van der Waals surface area contributed by atoms with Gasteiger partial charge in [-0.2, -0.15) is 0 Å². The van der Waals surface area contributed by atoms with E-state index in [0.29, 0.717) is 19.3 Å². The molecule has 326 valence electrons. The molecule has 6 heteroatoms. The fraction of sp³-hybridized carbons (Fsp3) is 0.706. The van der Waals surface area contributed by atoms with E-state index in [9.17, 15) is 14.4 Å². The number of hydrogen-bond donors (Lipinski definition) is 0. The highest BCUT2D eigenvalue weighted by Crippen LogP contribution is 2.12. The maximum atomic E-state index is 12.7. The highest BCUT2D eigenvalue weighted by Gasteiger charge is 2.19. The van der Waals surface area contributed by atoms with E-state index in [2.05, 4.69) is 93.7 Å². The molecule has 0 aromatic rings. The van der Waals surface area contributed by atoms with Gasteiger partial charge >= 0.3 is 17.9 Å². The Labute approximate surface area is 351 Å². The van der Waals surface area contributed by atoms with Crippen LogP contribution < -0.4 is 0 Å². The molecule has 0 rings (SSSR count). The van der Waals surface area contributed by atoms with Crippen molar-refractivity contribution in [2.24, 2.45) is 0 Å². The van der Waals surface area contributed by atoms with Crippen LogP contribution in [0.1, 0.15) is 213 Å². The number of ether oxygens (including phenoxy) is 3. The smallest absolute Gasteiger partial charge is 0.306 e. The molecular formula is C51H86O6. The molecule has 0 fully saturated rings. The largest absolute Gasteiger partial charge is 0.462 e. The zero-order chi connectivity index (χ0) is 41.5. The van der Waals surface area contributed by atoms with E-state index in [1.165, 1.54) is 64.2 Å². The molecule has 0 amide bonds. The van der Waals surface area contributed by atoms with Gasteiger partial charge in [-0.15, -0.1) is 0 Å². The molecule has 0 heterocycles. The molecule has 0 spiro atoms. The molecule has 0 N–H and O–H groups in total. The Balaban J connectivity index is 4.24. The standard InChI is InChI=1S/C51H86O6/c1-4-7-10-13-15-17-19-21-22-23-24-25-26-27-28-30-31-33-35-38-41-44-50(53)56-47-48(46-55-49(52)43-40-37-12-9-6-3)57-51(54)45-42-39-36-34-32-29-20-18-16-14-11-8-5-2/h8,11,16,18-19,21,23-24,26-27,29,32,48H,4-7,9-10,12-15,17,20,22,25,28,30-31,33-47H2,1-3H3/b11-8-,18-16-,21-19-,24-23-,27-26-,32-29-. The number of carbonyl (C=O) groups excluding carboxylic acids is 3. The van der Waals surface area contributed by atoms with Crippen LogP contribution >= 0.6 is 0 Å². The topological polar surface area (TPSA) is 78.9 Å². The summed E-state index contributed by atoms with van der Waals surface area (Å²) in [6.45, 7) is 6.37. The molecule has 1 atom stereocenters. The van der Waals surface area contributed by atoms with Crippen LogP contribution in [-0.4, -0.2) is 37.2 Å². The Kier molecular flexibility index (Phi) is 43.0. The molecule has 0 aromatic carbocycles. The third-order valence-corrected chi connectivity index (χ3v) is 9.70. The summed E-state index contributed by atoms with van der Waals surface area (Å²) in [5, 5.41) is 0. The van der Waals surface area contributed by atoms with E-state index in [-0.39, 0.29) is 31.1 Å². The van der Waals surface area contributed by atoms with E-state index < -0.39 is 6.10 Å². The van der Waals surface area contributed by atoms with E-state index in [1.807, 2.05) is 0 Å². The summed E-state index contributed by atoms with van der Waals surface area (Å²) in [6.07, 6.45) is 56.4. The summed E-state index contributed by atoms with van der Waals surface area (Å²) in [5.74, 6) is -0.955. The fourth-order valence-corrected chi connectivity index (χ4v) is 6.17. The number of carbonyl (C=O) groups is 3.